The van der Waals surface area contributed by atoms with E-state index >= 15 is 0 Å². The van der Waals surface area contributed by atoms with Crippen molar-refractivity contribution in [1.29, 1.82) is 0 Å². The van der Waals surface area contributed by atoms with E-state index in [1.807, 2.05) is 19.9 Å². The Bertz CT molecular complexity index is 529. The highest BCUT2D eigenvalue weighted by molar-refractivity contribution is 9.10. The van der Waals surface area contributed by atoms with Gasteiger partial charge in [-0.2, -0.15) is 0 Å². The molecule has 0 fully saturated rings. The van der Waals surface area contributed by atoms with E-state index < -0.39 is 10.0 Å². The van der Waals surface area contributed by atoms with E-state index in [2.05, 4.69) is 15.9 Å². The zero-order valence-electron chi connectivity index (χ0n) is 10.9. The molecule has 0 spiro atoms. The number of hydrogen-bond donors (Lipinski definition) is 1. The van der Waals surface area contributed by atoms with Gasteiger partial charge in [-0.3, -0.25) is 0 Å². The largest absolute Gasteiger partial charge is 0.326 e. The van der Waals surface area contributed by atoms with Crippen molar-refractivity contribution in [3.63, 3.8) is 0 Å². The lowest BCUT2D eigenvalue weighted by atomic mass is 10.1. The third kappa shape index (κ3) is 3.12. The van der Waals surface area contributed by atoms with Crippen molar-refractivity contribution in [3.8, 4) is 0 Å². The number of halogens is 1. The Kier molecular flexibility index (Phi) is 5.33. The van der Waals surface area contributed by atoms with Gasteiger partial charge in [0.2, 0.25) is 10.0 Å². The van der Waals surface area contributed by atoms with E-state index in [9.17, 15) is 8.42 Å². The van der Waals surface area contributed by atoms with Crippen molar-refractivity contribution in [3.05, 3.63) is 27.7 Å². The summed E-state index contributed by atoms with van der Waals surface area (Å²) in [7, 11) is -1.86. The maximum Gasteiger partial charge on any atom is 0.243 e. The van der Waals surface area contributed by atoms with E-state index in [1.165, 1.54) is 4.31 Å². The Morgan fingerprint density at radius 3 is 2.50 bits per heavy atom. The van der Waals surface area contributed by atoms with Crippen LogP contribution in [0.15, 0.2) is 21.5 Å². The number of benzene rings is 1. The molecule has 0 radical (unpaired) electrons. The van der Waals surface area contributed by atoms with Crippen molar-refractivity contribution < 1.29 is 8.42 Å². The minimum Gasteiger partial charge on any atom is -0.326 e. The normalized spacial score (nSPS) is 12.1. The van der Waals surface area contributed by atoms with E-state index in [-0.39, 0.29) is 0 Å². The number of nitrogens with zero attached hydrogens (tertiary/aromatic N) is 1. The highest BCUT2D eigenvalue weighted by atomic mass is 79.9. The zero-order valence-corrected chi connectivity index (χ0v) is 13.3. The molecular weight excluding hydrogens is 316 g/mol. The monoisotopic (exact) mass is 334 g/mol. The van der Waals surface area contributed by atoms with Gasteiger partial charge in [-0.25, -0.2) is 12.7 Å². The summed E-state index contributed by atoms with van der Waals surface area (Å²) in [5.41, 5.74) is 7.29. The van der Waals surface area contributed by atoms with Gasteiger partial charge in [-0.15, -0.1) is 0 Å². The van der Waals surface area contributed by atoms with Crippen LogP contribution in [0.3, 0.4) is 0 Å². The molecule has 2 N–H and O–H groups in total. The van der Waals surface area contributed by atoms with Crippen molar-refractivity contribution in [2.45, 2.75) is 31.7 Å². The molecule has 0 amide bonds. The maximum atomic E-state index is 12.4. The first-order valence-corrected chi connectivity index (χ1v) is 8.03. The molecule has 0 aliphatic rings. The Labute approximate surface area is 117 Å². The van der Waals surface area contributed by atoms with Crippen LogP contribution >= 0.6 is 15.9 Å². The quantitative estimate of drug-likeness (QED) is 0.898. The van der Waals surface area contributed by atoms with Gasteiger partial charge < -0.3 is 5.73 Å². The van der Waals surface area contributed by atoms with Crippen LogP contribution in [0.2, 0.25) is 0 Å². The van der Waals surface area contributed by atoms with Gasteiger partial charge in [-0.05, 0) is 46.5 Å². The highest BCUT2D eigenvalue weighted by Gasteiger charge is 2.24. The average Bonchev–Trinajstić information content (AvgIpc) is 2.32. The lowest BCUT2D eigenvalue weighted by molar-refractivity contribution is 0.468. The third-order valence-electron chi connectivity index (χ3n) is 2.74. The fourth-order valence-electron chi connectivity index (χ4n) is 1.72. The van der Waals surface area contributed by atoms with Gasteiger partial charge in [0.25, 0.3) is 0 Å². The first-order valence-electron chi connectivity index (χ1n) is 5.80. The summed E-state index contributed by atoms with van der Waals surface area (Å²) in [6.45, 7) is 4.64. The van der Waals surface area contributed by atoms with Crippen molar-refractivity contribution in [2.24, 2.45) is 5.73 Å². The number of aryl methyl sites for hydroxylation is 1. The fraction of sp³-hybridized carbons (Fsp3) is 0.500. The Morgan fingerprint density at radius 2 is 2.00 bits per heavy atom. The molecule has 0 aliphatic heterocycles. The molecule has 0 aromatic heterocycles. The van der Waals surface area contributed by atoms with Crippen LogP contribution in [0.25, 0.3) is 0 Å². The van der Waals surface area contributed by atoms with E-state index in [0.29, 0.717) is 22.5 Å². The topological polar surface area (TPSA) is 63.4 Å². The van der Waals surface area contributed by atoms with Gasteiger partial charge in [0, 0.05) is 24.6 Å². The number of hydrogen-bond acceptors (Lipinski definition) is 3. The summed E-state index contributed by atoms with van der Waals surface area (Å²) >= 11 is 3.35. The molecular formula is C12H19BrN2O2S. The van der Waals surface area contributed by atoms with Crippen molar-refractivity contribution in [1.82, 2.24) is 4.31 Å². The lowest BCUT2D eigenvalue weighted by Gasteiger charge is -2.18. The molecule has 6 heteroatoms. The summed E-state index contributed by atoms with van der Waals surface area (Å²) in [6.07, 6.45) is 0.781. The Hall–Kier alpha value is -0.430. The fourth-order valence-corrected chi connectivity index (χ4v) is 4.01. The van der Waals surface area contributed by atoms with Crippen LogP contribution in [-0.2, 0) is 16.6 Å². The lowest BCUT2D eigenvalue weighted by Crippen LogP contribution is -2.28. The van der Waals surface area contributed by atoms with Crippen LogP contribution in [0, 0.1) is 6.92 Å². The van der Waals surface area contributed by atoms with Gasteiger partial charge in [0.15, 0.2) is 0 Å². The molecule has 102 valence electrons. The molecule has 18 heavy (non-hydrogen) atoms. The number of sulfonamides is 1. The summed E-state index contributed by atoms with van der Waals surface area (Å²) in [5.74, 6) is 0. The van der Waals surface area contributed by atoms with Gasteiger partial charge in [0.05, 0.1) is 4.90 Å². The maximum absolute atomic E-state index is 12.4. The van der Waals surface area contributed by atoms with E-state index in [0.717, 1.165) is 17.5 Å². The summed E-state index contributed by atoms with van der Waals surface area (Å²) in [5, 5.41) is 0. The minimum absolute atomic E-state index is 0.291. The average molecular weight is 335 g/mol. The summed E-state index contributed by atoms with van der Waals surface area (Å²) in [4.78, 5) is 0.291. The van der Waals surface area contributed by atoms with Crippen LogP contribution in [0.1, 0.15) is 24.5 Å². The Balaban J connectivity index is 3.36. The smallest absolute Gasteiger partial charge is 0.243 e. The summed E-state index contributed by atoms with van der Waals surface area (Å²) in [6, 6.07) is 3.53. The van der Waals surface area contributed by atoms with Crippen LogP contribution in [0.5, 0.6) is 0 Å². The molecule has 0 atom stereocenters. The first kappa shape index (κ1) is 15.6. The van der Waals surface area contributed by atoms with Crippen LogP contribution in [0.4, 0.5) is 0 Å². The molecule has 0 saturated heterocycles. The molecule has 1 aromatic rings. The zero-order chi connectivity index (χ0) is 13.9. The molecule has 0 saturated carbocycles. The minimum atomic E-state index is -3.46. The molecule has 1 aromatic carbocycles. The van der Waals surface area contributed by atoms with Crippen molar-refractivity contribution >= 4 is 26.0 Å². The molecule has 0 unspecified atom stereocenters. The van der Waals surface area contributed by atoms with Gasteiger partial charge >= 0.3 is 0 Å². The third-order valence-corrected chi connectivity index (χ3v) is 5.94. The van der Waals surface area contributed by atoms with E-state index in [1.54, 1.807) is 13.1 Å². The number of rotatable bonds is 5. The number of nitrogens with two attached hydrogens (primary N) is 1. The molecule has 4 nitrogen and oxygen atoms in total. The van der Waals surface area contributed by atoms with Crippen LogP contribution in [-0.4, -0.2) is 26.3 Å². The summed E-state index contributed by atoms with van der Waals surface area (Å²) < 4.78 is 26.8. The second-order valence-corrected chi connectivity index (χ2v) is 7.06. The highest BCUT2D eigenvalue weighted by Crippen LogP contribution is 2.29. The predicted octanol–water partition coefficient (Wildman–Crippen LogP) is 2.25. The van der Waals surface area contributed by atoms with Gasteiger partial charge in [0.1, 0.15) is 0 Å². The second-order valence-electron chi connectivity index (χ2n) is 4.26. The Morgan fingerprint density at radius 1 is 1.39 bits per heavy atom. The van der Waals surface area contributed by atoms with Gasteiger partial charge in [-0.1, -0.05) is 13.0 Å². The van der Waals surface area contributed by atoms with Crippen molar-refractivity contribution in [2.75, 3.05) is 13.6 Å². The van der Waals surface area contributed by atoms with Crippen LogP contribution < -0.4 is 5.73 Å². The first-order chi connectivity index (χ1) is 8.34. The molecule has 1 rings (SSSR count). The van der Waals surface area contributed by atoms with E-state index in [4.69, 9.17) is 5.73 Å². The molecule has 0 heterocycles. The SMILES string of the molecule is CCCN(C)S(=O)(=O)c1cc(CN)cc(C)c1Br. The second kappa shape index (κ2) is 6.14. The molecule has 0 aliphatic carbocycles. The standard InChI is InChI=1S/C12H19BrN2O2S/c1-4-5-15(3)18(16,17)11-7-10(8-14)6-9(2)12(11)13/h6-7H,4-5,8,14H2,1-3H3. The molecule has 0 bridgehead atoms. The predicted molar refractivity (Wildman–Crippen MR) is 76.9 cm³/mol.